The number of piperazine rings is 1. The molecule has 0 aromatic rings. The van der Waals surface area contributed by atoms with Gasteiger partial charge < -0.3 is 15.5 Å². The smallest absolute Gasteiger partial charge is 0.332 e. The highest BCUT2D eigenvalue weighted by Crippen LogP contribution is 2.25. The summed E-state index contributed by atoms with van der Waals surface area (Å²) >= 11 is 0. The van der Waals surface area contributed by atoms with Crippen molar-refractivity contribution in [3.05, 3.63) is 0 Å². The van der Waals surface area contributed by atoms with E-state index < -0.39 is 37.1 Å². The Morgan fingerprint density at radius 3 is 2.29 bits per heavy atom. The second-order valence-corrected chi connectivity index (χ2v) is 3.72. The molecule has 1 fully saturated rings. The van der Waals surface area contributed by atoms with Crippen molar-refractivity contribution in [2.24, 2.45) is 5.73 Å². The molecule has 1 aliphatic rings. The maximum absolute atomic E-state index is 12.6. The van der Waals surface area contributed by atoms with Gasteiger partial charge in [-0.25, -0.2) is 0 Å². The lowest BCUT2D eigenvalue weighted by atomic mass is 10.2. The zero-order chi connectivity index (χ0) is 13.2. The zero-order valence-corrected chi connectivity index (χ0v) is 9.33. The highest BCUT2D eigenvalue weighted by Gasteiger charge is 2.47. The molecule has 1 aliphatic heterocycles. The van der Waals surface area contributed by atoms with E-state index in [0.29, 0.717) is 11.4 Å². The molecular weight excluding hydrogens is 239 g/mol. The molecule has 1 rings (SSSR count). The van der Waals surface area contributed by atoms with E-state index in [9.17, 15) is 22.8 Å². The molecule has 0 saturated carbocycles. The number of hydrogen-bond acceptors (Lipinski definition) is 3. The molecule has 0 aliphatic carbocycles. The zero-order valence-electron chi connectivity index (χ0n) is 9.33. The monoisotopic (exact) mass is 253 g/mol. The van der Waals surface area contributed by atoms with E-state index in [1.165, 1.54) is 4.90 Å². The summed E-state index contributed by atoms with van der Waals surface area (Å²) in [6.07, 6.45) is -4.61. The van der Waals surface area contributed by atoms with Crippen LogP contribution in [0.5, 0.6) is 0 Å². The number of alkyl halides is 3. The van der Waals surface area contributed by atoms with E-state index >= 15 is 0 Å². The van der Waals surface area contributed by atoms with Gasteiger partial charge in [0.15, 0.2) is 0 Å². The molecule has 2 N–H and O–H groups in total. The van der Waals surface area contributed by atoms with Crippen LogP contribution in [-0.4, -0.2) is 60.0 Å². The van der Waals surface area contributed by atoms with Crippen LogP contribution in [0.15, 0.2) is 0 Å². The predicted molar refractivity (Wildman–Crippen MR) is 52.9 cm³/mol. The van der Waals surface area contributed by atoms with Gasteiger partial charge in [-0.1, -0.05) is 0 Å². The number of carbonyl (C=O) groups is 2. The number of nitrogens with two attached hydrogens (primary N) is 1. The minimum absolute atomic E-state index is 0.303. The molecule has 1 unspecified atom stereocenters. The quantitative estimate of drug-likeness (QED) is 0.742. The SMILES string of the molecule is CCN1CC(=O)N(C(CN)C(F)(F)F)CC1=O. The molecule has 17 heavy (non-hydrogen) atoms. The van der Waals surface area contributed by atoms with E-state index in [1.807, 2.05) is 0 Å². The van der Waals surface area contributed by atoms with Gasteiger partial charge in [0.05, 0.1) is 6.54 Å². The Morgan fingerprint density at radius 1 is 1.29 bits per heavy atom. The fraction of sp³-hybridized carbons (Fsp3) is 0.778. The first-order valence-electron chi connectivity index (χ1n) is 5.15. The predicted octanol–water partition coefficient (Wildman–Crippen LogP) is -0.433. The van der Waals surface area contributed by atoms with E-state index in [0.717, 1.165) is 0 Å². The van der Waals surface area contributed by atoms with Gasteiger partial charge in [0.1, 0.15) is 12.6 Å². The number of carbonyl (C=O) groups excluding carboxylic acids is 2. The molecule has 0 bridgehead atoms. The third-order valence-corrected chi connectivity index (χ3v) is 2.66. The van der Waals surface area contributed by atoms with Crippen molar-refractivity contribution in [1.82, 2.24) is 9.80 Å². The van der Waals surface area contributed by atoms with Crippen LogP contribution in [0.25, 0.3) is 0 Å². The number of likely N-dealkylation sites (N-methyl/N-ethyl adjacent to an activating group) is 1. The largest absolute Gasteiger partial charge is 0.410 e. The molecule has 98 valence electrons. The van der Waals surface area contributed by atoms with Crippen molar-refractivity contribution in [2.45, 2.75) is 19.1 Å². The van der Waals surface area contributed by atoms with Crippen LogP contribution in [0.4, 0.5) is 13.2 Å². The first kappa shape index (κ1) is 13.8. The van der Waals surface area contributed by atoms with Gasteiger partial charge in [0, 0.05) is 13.1 Å². The highest BCUT2D eigenvalue weighted by molar-refractivity contribution is 5.92. The maximum Gasteiger partial charge on any atom is 0.410 e. The van der Waals surface area contributed by atoms with Gasteiger partial charge in [-0.15, -0.1) is 0 Å². The average molecular weight is 253 g/mol. The summed E-state index contributed by atoms with van der Waals surface area (Å²) in [6.45, 7) is 0.341. The molecule has 2 amide bonds. The second-order valence-electron chi connectivity index (χ2n) is 3.72. The van der Waals surface area contributed by atoms with Crippen LogP contribution in [0, 0.1) is 0 Å². The minimum Gasteiger partial charge on any atom is -0.332 e. The lowest BCUT2D eigenvalue weighted by Gasteiger charge is -2.38. The second kappa shape index (κ2) is 4.91. The van der Waals surface area contributed by atoms with Crippen LogP contribution in [0.3, 0.4) is 0 Å². The molecule has 5 nitrogen and oxygen atoms in total. The first-order chi connectivity index (χ1) is 7.81. The normalized spacial score (nSPS) is 19.8. The van der Waals surface area contributed by atoms with Crippen molar-refractivity contribution in [1.29, 1.82) is 0 Å². The molecule has 1 saturated heterocycles. The van der Waals surface area contributed by atoms with E-state index in [-0.39, 0.29) is 6.54 Å². The number of hydrogen-bond donors (Lipinski definition) is 1. The van der Waals surface area contributed by atoms with Crippen LogP contribution < -0.4 is 5.73 Å². The highest BCUT2D eigenvalue weighted by atomic mass is 19.4. The fourth-order valence-electron chi connectivity index (χ4n) is 1.69. The molecule has 1 atom stereocenters. The van der Waals surface area contributed by atoms with E-state index in [1.54, 1.807) is 6.92 Å². The van der Waals surface area contributed by atoms with Gasteiger partial charge in [-0.05, 0) is 6.92 Å². The summed E-state index contributed by atoms with van der Waals surface area (Å²) in [6, 6.07) is -2.09. The van der Waals surface area contributed by atoms with Gasteiger partial charge in [-0.3, -0.25) is 9.59 Å². The topological polar surface area (TPSA) is 66.6 Å². The summed E-state index contributed by atoms with van der Waals surface area (Å²) in [7, 11) is 0. The molecule has 0 aromatic carbocycles. The van der Waals surface area contributed by atoms with Gasteiger partial charge in [0.25, 0.3) is 0 Å². The Hall–Kier alpha value is -1.31. The van der Waals surface area contributed by atoms with Gasteiger partial charge in [-0.2, -0.15) is 13.2 Å². The summed E-state index contributed by atoms with van der Waals surface area (Å²) in [5.41, 5.74) is 5.03. The maximum atomic E-state index is 12.6. The number of halogens is 3. The van der Waals surface area contributed by atoms with Crippen LogP contribution in [-0.2, 0) is 9.59 Å². The fourth-order valence-corrected chi connectivity index (χ4v) is 1.69. The molecule has 0 radical (unpaired) electrons. The summed E-state index contributed by atoms with van der Waals surface area (Å²) in [4.78, 5) is 24.7. The minimum atomic E-state index is -4.61. The Morgan fingerprint density at radius 2 is 1.88 bits per heavy atom. The average Bonchev–Trinajstić information content (AvgIpc) is 2.21. The number of nitrogens with zero attached hydrogens (tertiary/aromatic N) is 2. The van der Waals surface area contributed by atoms with E-state index in [2.05, 4.69) is 0 Å². The Balaban J connectivity index is 2.85. The molecule has 0 aromatic heterocycles. The number of amides is 2. The molecule has 8 heteroatoms. The van der Waals surface area contributed by atoms with Crippen LogP contribution in [0.1, 0.15) is 6.92 Å². The van der Waals surface area contributed by atoms with Crippen molar-refractivity contribution in [2.75, 3.05) is 26.2 Å². The summed E-state index contributed by atoms with van der Waals surface area (Å²) < 4.78 is 37.8. The van der Waals surface area contributed by atoms with Gasteiger partial charge in [0.2, 0.25) is 11.8 Å². The van der Waals surface area contributed by atoms with Gasteiger partial charge >= 0.3 is 6.18 Å². The third-order valence-electron chi connectivity index (χ3n) is 2.66. The standard InChI is InChI=1S/C9H14F3N3O2/c1-2-14-4-8(17)15(5-7(14)16)6(3-13)9(10,11)12/h6H,2-5,13H2,1H3. The summed E-state index contributed by atoms with van der Waals surface area (Å²) in [5, 5.41) is 0. The number of rotatable bonds is 3. The lowest BCUT2D eigenvalue weighted by molar-refractivity contribution is -0.192. The van der Waals surface area contributed by atoms with Crippen molar-refractivity contribution < 1.29 is 22.8 Å². The van der Waals surface area contributed by atoms with E-state index in [4.69, 9.17) is 5.73 Å². The van der Waals surface area contributed by atoms with Crippen molar-refractivity contribution in [3.8, 4) is 0 Å². The van der Waals surface area contributed by atoms with Crippen LogP contribution in [0.2, 0.25) is 0 Å². The third kappa shape index (κ3) is 2.87. The van der Waals surface area contributed by atoms with Crippen LogP contribution >= 0.6 is 0 Å². The Labute approximate surface area is 96.3 Å². The Kier molecular flexibility index (Phi) is 3.97. The van der Waals surface area contributed by atoms with Crippen molar-refractivity contribution in [3.63, 3.8) is 0 Å². The lowest BCUT2D eigenvalue weighted by Crippen LogP contribution is -2.61. The first-order valence-corrected chi connectivity index (χ1v) is 5.15. The summed E-state index contributed by atoms with van der Waals surface area (Å²) in [5.74, 6) is -1.21. The molecular formula is C9H14F3N3O2. The van der Waals surface area contributed by atoms with Crippen molar-refractivity contribution >= 4 is 11.8 Å². The molecule has 1 heterocycles. The molecule has 0 spiro atoms. The Bertz CT molecular complexity index is 319.